The zero-order chi connectivity index (χ0) is 21.0. The first kappa shape index (κ1) is 18.6. The van der Waals surface area contributed by atoms with Crippen LogP contribution in [0.3, 0.4) is 0 Å². The van der Waals surface area contributed by atoms with Crippen LogP contribution in [0, 0.1) is 0 Å². The minimum atomic E-state index is -0.199. The highest BCUT2D eigenvalue weighted by molar-refractivity contribution is 6.13. The number of nitrogens with one attached hydrogen (secondary N) is 2. The fourth-order valence-electron chi connectivity index (χ4n) is 3.44. The number of rotatable bonds is 5. The number of hydrogen-bond acceptors (Lipinski definition) is 4. The Morgan fingerprint density at radius 3 is 2.23 bits per heavy atom. The van der Waals surface area contributed by atoms with Crippen LogP contribution >= 0.6 is 0 Å². The molecule has 150 valence electrons. The van der Waals surface area contributed by atoms with E-state index < -0.39 is 0 Å². The van der Waals surface area contributed by atoms with Crippen LogP contribution in [0.5, 0.6) is 0 Å². The van der Waals surface area contributed by atoms with Gasteiger partial charge in [-0.1, -0.05) is 36.4 Å². The van der Waals surface area contributed by atoms with E-state index in [0.29, 0.717) is 22.7 Å². The molecule has 3 aromatic carbocycles. The van der Waals surface area contributed by atoms with Crippen molar-refractivity contribution in [3.63, 3.8) is 0 Å². The Morgan fingerprint density at radius 1 is 0.742 bits per heavy atom. The Kier molecular flexibility index (Phi) is 4.91. The number of benzene rings is 3. The standard InChI is InChI=1S/C26H19N3O2/c30-26(28-20-14-12-19(13-15-20)27-18-7-2-1-3-8-18)22-17-24(25-11-6-16-31-25)29-23-10-5-4-9-21(22)23/h1-17,27H,(H,28,30). The molecule has 0 aliphatic carbocycles. The van der Waals surface area contributed by atoms with Crippen molar-refractivity contribution < 1.29 is 9.21 Å². The zero-order valence-corrected chi connectivity index (χ0v) is 16.6. The van der Waals surface area contributed by atoms with Gasteiger partial charge in [-0.3, -0.25) is 4.79 Å². The van der Waals surface area contributed by atoms with E-state index in [-0.39, 0.29) is 5.91 Å². The Labute approximate surface area is 179 Å². The van der Waals surface area contributed by atoms with Crippen LogP contribution in [0.1, 0.15) is 10.4 Å². The third-order valence-electron chi connectivity index (χ3n) is 4.94. The first-order valence-corrected chi connectivity index (χ1v) is 9.93. The molecular weight excluding hydrogens is 386 g/mol. The van der Waals surface area contributed by atoms with E-state index in [4.69, 9.17) is 4.42 Å². The lowest BCUT2D eigenvalue weighted by Crippen LogP contribution is -2.13. The van der Waals surface area contributed by atoms with Crippen molar-refractivity contribution in [1.82, 2.24) is 4.98 Å². The molecule has 5 aromatic rings. The summed E-state index contributed by atoms with van der Waals surface area (Å²) in [5.41, 5.74) is 4.57. The summed E-state index contributed by atoms with van der Waals surface area (Å²) < 4.78 is 5.48. The lowest BCUT2D eigenvalue weighted by molar-refractivity contribution is 0.102. The summed E-state index contributed by atoms with van der Waals surface area (Å²) in [4.78, 5) is 17.8. The molecule has 0 aliphatic heterocycles. The van der Waals surface area contributed by atoms with E-state index in [0.717, 1.165) is 22.3 Å². The molecule has 2 N–H and O–H groups in total. The largest absolute Gasteiger partial charge is 0.463 e. The maximum absolute atomic E-state index is 13.1. The molecule has 1 amide bonds. The summed E-state index contributed by atoms with van der Waals surface area (Å²) in [5, 5.41) is 7.11. The van der Waals surface area contributed by atoms with Crippen LogP contribution in [0.25, 0.3) is 22.4 Å². The molecule has 5 nitrogen and oxygen atoms in total. The average Bonchev–Trinajstić information content (AvgIpc) is 3.35. The summed E-state index contributed by atoms with van der Waals surface area (Å²) in [6.07, 6.45) is 1.59. The molecular formula is C26H19N3O2. The number of nitrogens with zero attached hydrogens (tertiary/aromatic N) is 1. The molecule has 0 saturated heterocycles. The quantitative estimate of drug-likeness (QED) is 0.351. The summed E-state index contributed by atoms with van der Waals surface area (Å²) >= 11 is 0. The van der Waals surface area contributed by atoms with E-state index in [1.165, 1.54) is 0 Å². The summed E-state index contributed by atoms with van der Waals surface area (Å²) in [5.74, 6) is 0.423. The number of carbonyl (C=O) groups is 1. The maximum atomic E-state index is 13.1. The van der Waals surface area contributed by atoms with Crippen molar-refractivity contribution in [2.24, 2.45) is 0 Å². The maximum Gasteiger partial charge on any atom is 0.256 e. The second-order valence-corrected chi connectivity index (χ2v) is 7.07. The number of furan rings is 1. The van der Waals surface area contributed by atoms with Crippen molar-refractivity contribution in [1.29, 1.82) is 0 Å². The van der Waals surface area contributed by atoms with Crippen molar-refractivity contribution >= 4 is 33.9 Å². The monoisotopic (exact) mass is 405 g/mol. The van der Waals surface area contributed by atoms with Crippen molar-refractivity contribution in [3.05, 3.63) is 109 Å². The Morgan fingerprint density at radius 2 is 1.45 bits per heavy atom. The van der Waals surface area contributed by atoms with Gasteiger partial charge in [-0.05, 0) is 60.7 Å². The van der Waals surface area contributed by atoms with Gasteiger partial charge in [0.05, 0.1) is 17.3 Å². The van der Waals surface area contributed by atoms with E-state index in [2.05, 4.69) is 15.6 Å². The van der Waals surface area contributed by atoms with Crippen LogP contribution in [-0.4, -0.2) is 10.9 Å². The zero-order valence-electron chi connectivity index (χ0n) is 16.6. The normalized spacial score (nSPS) is 10.7. The number of aromatic nitrogens is 1. The van der Waals surface area contributed by atoms with Crippen LogP contribution in [0.4, 0.5) is 17.1 Å². The Balaban J connectivity index is 1.41. The molecule has 0 radical (unpaired) electrons. The first-order valence-electron chi connectivity index (χ1n) is 9.93. The van der Waals surface area contributed by atoms with Gasteiger partial charge in [-0.25, -0.2) is 4.98 Å². The fourth-order valence-corrected chi connectivity index (χ4v) is 3.44. The highest BCUT2D eigenvalue weighted by Crippen LogP contribution is 2.26. The van der Waals surface area contributed by atoms with Gasteiger partial charge in [0.1, 0.15) is 5.69 Å². The van der Waals surface area contributed by atoms with Gasteiger partial charge in [0.25, 0.3) is 5.91 Å². The third kappa shape index (κ3) is 4.02. The Hall–Kier alpha value is -4.38. The smallest absolute Gasteiger partial charge is 0.256 e. The molecule has 0 bridgehead atoms. The molecule has 0 atom stereocenters. The molecule has 0 unspecified atom stereocenters. The predicted octanol–water partition coefficient (Wildman–Crippen LogP) is 6.49. The van der Waals surface area contributed by atoms with Gasteiger partial charge in [-0.15, -0.1) is 0 Å². The molecule has 0 fully saturated rings. The molecule has 0 aliphatic rings. The highest BCUT2D eigenvalue weighted by Gasteiger charge is 2.15. The minimum absolute atomic E-state index is 0.199. The van der Waals surface area contributed by atoms with Gasteiger partial charge in [-0.2, -0.15) is 0 Å². The third-order valence-corrected chi connectivity index (χ3v) is 4.94. The lowest BCUT2D eigenvalue weighted by atomic mass is 10.1. The number of fused-ring (bicyclic) bond motifs is 1. The number of para-hydroxylation sites is 2. The van der Waals surface area contributed by atoms with Gasteiger partial charge in [0, 0.05) is 22.4 Å². The van der Waals surface area contributed by atoms with E-state index in [1.54, 1.807) is 18.4 Å². The van der Waals surface area contributed by atoms with Crippen LogP contribution < -0.4 is 10.6 Å². The SMILES string of the molecule is O=C(Nc1ccc(Nc2ccccc2)cc1)c1cc(-c2ccco2)nc2ccccc12. The average molecular weight is 405 g/mol. The highest BCUT2D eigenvalue weighted by atomic mass is 16.3. The second kappa shape index (κ2) is 8.16. The topological polar surface area (TPSA) is 67.2 Å². The number of hydrogen-bond donors (Lipinski definition) is 2. The molecule has 2 aromatic heterocycles. The number of pyridine rings is 1. The number of amides is 1. The molecule has 2 heterocycles. The van der Waals surface area contributed by atoms with Crippen molar-refractivity contribution in [2.75, 3.05) is 10.6 Å². The minimum Gasteiger partial charge on any atom is -0.463 e. The van der Waals surface area contributed by atoms with Crippen molar-refractivity contribution in [2.45, 2.75) is 0 Å². The summed E-state index contributed by atoms with van der Waals surface area (Å²) in [6.45, 7) is 0. The van der Waals surface area contributed by atoms with E-state index in [9.17, 15) is 4.79 Å². The van der Waals surface area contributed by atoms with E-state index >= 15 is 0 Å². The van der Waals surface area contributed by atoms with Gasteiger partial charge >= 0.3 is 0 Å². The van der Waals surface area contributed by atoms with Gasteiger partial charge in [0.15, 0.2) is 5.76 Å². The lowest BCUT2D eigenvalue weighted by Gasteiger charge is -2.11. The predicted molar refractivity (Wildman–Crippen MR) is 124 cm³/mol. The van der Waals surface area contributed by atoms with Gasteiger partial charge in [0.2, 0.25) is 0 Å². The van der Waals surface area contributed by atoms with Crippen LogP contribution in [0.2, 0.25) is 0 Å². The van der Waals surface area contributed by atoms with Crippen LogP contribution in [-0.2, 0) is 0 Å². The molecule has 0 saturated carbocycles. The number of anilines is 3. The van der Waals surface area contributed by atoms with E-state index in [1.807, 2.05) is 84.9 Å². The van der Waals surface area contributed by atoms with Crippen molar-refractivity contribution in [3.8, 4) is 11.5 Å². The molecule has 5 heteroatoms. The molecule has 31 heavy (non-hydrogen) atoms. The Bertz CT molecular complexity index is 1330. The first-order chi connectivity index (χ1) is 15.3. The molecule has 0 spiro atoms. The molecule has 5 rings (SSSR count). The summed E-state index contributed by atoms with van der Waals surface area (Å²) in [6, 6.07) is 30.5. The number of carbonyl (C=O) groups excluding carboxylic acids is 1. The van der Waals surface area contributed by atoms with Gasteiger partial charge < -0.3 is 15.1 Å². The van der Waals surface area contributed by atoms with Crippen LogP contribution in [0.15, 0.2) is 108 Å². The summed E-state index contributed by atoms with van der Waals surface area (Å²) in [7, 11) is 0. The fraction of sp³-hybridized carbons (Fsp3) is 0. The second-order valence-electron chi connectivity index (χ2n) is 7.07.